The number of carboxylic acid groups (broad SMARTS) is 1. The number of nitrogens with zero attached hydrogens (tertiary/aromatic N) is 1. The Balaban J connectivity index is 1.35. The van der Waals surface area contributed by atoms with Crippen molar-refractivity contribution < 1.29 is 23.8 Å². The van der Waals surface area contributed by atoms with Crippen LogP contribution in [0.4, 0.5) is 10.2 Å². The summed E-state index contributed by atoms with van der Waals surface area (Å²) in [7, 11) is 0. The van der Waals surface area contributed by atoms with Gasteiger partial charge in [0.25, 0.3) is 5.56 Å². The normalized spacial score (nSPS) is 11.6. The SMILES string of the molecule is Nc1c(C(=O)c2ccc(F)cc2)ccc(=O)n1-c1ccc(OCCCNC(Cc2ccccc2)C(=O)O)cc1. The monoisotopic (exact) mass is 529 g/mol. The number of benzene rings is 3. The highest BCUT2D eigenvalue weighted by atomic mass is 19.1. The van der Waals surface area contributed by atoms with Crippen LogP contribution >= 0.6 is 0 Å². The van der Waals surface area contributed by atoms with Crippen molar-refractivity contribution in [1.82, 2.24) is 9.88 Å². The van der Waals surface area contributed by atoms with E-state index in [0.29, 0.717) is 37.4 Å². The van der Waals surface area contributed by atoms with E-state index in [4.69, 9.17) is 10.5 Å². The van der Waals surface area contributed by atoms with Crippen molar-refractivity contribution in [3.05, 3.63) is 124 Å². The van der Waals surface area contributed by atoms with Crippen LogP contribution in [0.5, 0.6) is 5.75 Å². The van der Waals surface area contributed by atoms with E-state index in [1.165, 1.54) is 41.0 Å². The smallest absolute Gasteiger partial charge is 0.321 e. The number of nitrogen functional groups attached to an aromatic ring is 1. The standard InChI is InChI=1S/C30H28FN3O5/c31-22-9-7-21(8-10-22)28(36)25-15-16-27(35)34(29(25)32)23-11-13-24(14-12-23)39-18-4-17-33-26(30(37)38)19-20-5-2-1-3-6-20/h1-3,5-16,26,33H,4,17-19,32H2,(H,37,38). The van der Waals surface area contributed by atoms with Crippen molar-refractivity contribution in [3.8, 4) is 11.4 Å². The molecule has 3 aromatic carbocycles. The van der Waals surface area contributed by atoms with Crippen LogP contribution in [0.1, 0.15) is 27.9 Å². The molecular formula is C30H28FN3O5. The predicted octanol–water partition coefficient (Wildman–Crippen LogP) is 3.84. The number of ketones is 1. The van der Waals surface area contributed by atoms with Crippen molar-refractivity contribution in [2.75, 3.05) is 18.9 Å². The minimum atomic E-state index is -0.909. The van der Waals surface area contributed by atoms with Gasteiger partial charge in [0.15, 0.2) is 5.78 Å². The summed E-state index contributed by atoms with van der Waals surface area (Å²) in [4.78, 5) is 37.0. The van der Waals surface area contributed by atoms with Crippen LogP contribution in [-0.4, -0.2) is 40.6 Å². The maximum Gasteiger partial charge on any atom is 0.321 e. The van der Waals surface area contributed by atoms with Crippen molar-refractivity contribution in [1.29, 1.82) is 0 Å². The van der Waals surface area contributed by atoms with E-state index >= 15 is 0 Å². The first-order valence-corrected chi connectivity index (χ1v) is 12.4. The van der Waals surface area contributed by atoms with Crippen LogP contribution in [0.3, 0.4) is 0 Å². The van der Waals surface area contributed by atoms with Gasteiger partial charge in [-0.1, -0.05) is 30.3 Å². The van der Waals surface area contributed by atoms with Gasteiger partial charge in [-0.3, -0.25) is 19.0 Å². The first-order chi connectivity index (χ1) is 18.8. The second-order valence-electron chi connectivity index (χ2n) is 8.87. The molecule has 0 bridgehead atoms. The Morgan fingerprint density at radius 2 is 1.64 bits per heavy atom. The van der Waals surface area contributed by atoms with E-state index in [1.54, 1.807) is 24.3 Å². The molecule has 4 aromatic rings. The molecule has 1 aromatic heterocycles. The third-order valence-electron chi connectivity index (χ3n) is 6.14. The molecule has 1 atom stereocenters. The molecule has 9 heteroatoms. The van der Waals surface area contributed by atoms with Crippen molar-refractivity contribution >= 4 is 17.6 Å². The lowest BCUT2D eigenvalue weighted by molar-refractivity contribution is -0.139. The maximum atomic E-state index is 13.2. The summed E-state index contributed by atoms with van der Waals surface area (Å²) in [6.45, 7) is 0.816. The first-order valence-electron chi connectivity index (χ1n) is 12.4. The van der Waals surface area contributed by atoms with Gasteiger partial charge in [-0.05, 0) is 79.5 Å². The van der Waals surface area contributed by atoms with E-state index < -0.39 is 29.2 Å². The van der Waals surface area contributed by atoms with Crippen LogP contribution in [-0.2, 0) is 11.2 Å². The number of aliphatic carboxylic acids is 1. The molecular weight excluding hydrogens is 501 g/mol. The molecule has 0 aliphatic heterocycles. The molecule has 200 valence electrons. The zero-order valence-corrected chi connectivity index (χ0v) is 21.0. The number of anilines is 1. The molecule has 39 heavy (non-hydrogen) atoms. The third kappa shape index (κ3) is 6.97. The number of nitrogens with one attached hydrogen (secondary N) is 1. The number of carbonyl (C=O) groups excluding carboxylic acids is 1. The van der Waals surface area contributed by atoms with Crippen molar-refractivity contribution in [2.24, 2.45) is 0 Å². The molecule has 0 saturated heterocycles. The van der Waals surface area contributed by atoms with E-state index in [2.05, 4.69) is 5.32 Å². The van der Waals surface area contributed by atoms with Crippen LogP contribution < -0.4 is 21.3 Å². The van der Waals surface area contributed by atoms with Crippen LogP contribution in [0, 0.1) is 5.82 Å². The molecule has 0 spiro atoms. The maximum absolute atomic E-state index is 13.2. The third-order valence-corrected chi connectivity index (χ3v) is 6.14. The molecule has 0 fully saturated rings. The van der Waals surface area contributed by atoms with Gasteiger partial charge in [0.05, 0.1) is 17.9 Å². The Hall–Kier alpha value is -4.76. The number of nitrogens with two attached hydrogens (primary N) is 1. The van der Waals surface area contributed by atoms with Crippen LogP contribution in [0.15, 0.2) is 95.8 Å². The van der Waals surface area contributed by atoms with Crippen molar-refractivity contribution in [2.45, 2.75) is 18.9 Å². The van der Waals surface area contributed by atoms with Gasteiger partial charge in [-0.2, -0.15) is 0 Å². The fraction of sp³-hybridized carbons (Fsp3) is 0.167. The lowest BCUT2D eigenvalue weighted by atomic mass is 10.0. The summed E-state index contributed by atoms with van der Waals surface area (Å²) < 4.78 is 20.2. The lowest BCUT2D eigenvalue weighted by Gasteiger charge is -2.15. The molecule has 1 heterocycles. The molecule has 1 unspecified atom stereocenters. The molecule has 4 rings (SSSR count). The Labute approximate surface area is 224 Å². The summed E-state index contributed by atoms with van der Waals surface area (Å²) in [5, 5.41) is 12.5. The topological polar surface area (TPSA) is 124 Å². The predicted molar refractivity (Wildman–Crippen MR) is 146 cm³/mol. The number of halogens is 1. The Morgan fingerprint density at radius 1 is 0.949 bits per heavy atom. The quantitative estimate of drug-likeness (QED) is 0.188. The number of carboxylic acids is 1. The fourth-order valence-corrected chi connectivity index (χ4v) is 4.10. The molecule has 0 radical (unpaired) electrons. The number of rotatable bonds is 12. The number of aromatic nitrogens is 1. The second-order valence-corrected chi connectivity index (χ2v) is 8.87. The summed E-state index contributed by atoms with van der Waals surface area (Å²) in [5.41, 5.74) is 7.58. The second kappa shape index (κ2) is 12.7. The number of pyridine rings is 1. The van der Waals surface area contributed by atoms with Gasteiger partial charge in [0.1, 0.15) is 23.4 Å². The first kappa shape index (κ1) is 27.3. The molecule has 0 aliphatic carbocycles. The highest BCUT2D eigenvalue weighted by molar-refractivity contribution is 6.11. The van der Waals surface area contributed by atoms with Crippen LogP contribution in [0.25, 0.3) is 5.69 Å². The van der Waals surface area contributed by atoms with E-state index in [9.17, 15) is 23.9 Å². The Bertz CT molecular complexity index is 1490. The minimum Gasteiger partial charge on any atom is -0.494 e. The molecule has 0 amide bonds. The van der Waals surface area contributed by atoms with Crippen LogP contribution in [0.2, 0.25) is 0 Å². The van der Waals surface area contributed by atoms with E-state index in [0.717, 1.165) is 5.56 Å². The summed E-state index contributed by atoms with van der Waals surface area (Å²) in [6.07, 6.45) is 0.970. The van der Waals surface area contributed by atoms with Gasteiger partial charge < -0.3 is 20.9 Å². The zero-order valence-electron chi connectivity index (χ0n) is 21.0. The minimum absolute atomic E-state index is 0.0277. The summed E-state index contributed by atoms with van der Waals surface area (Å²) in [6, 6.07) is 23.1. The average molecular weight is 530 g/mol. The van der Waals surface area contributed by atoms with Gasteiger partial charge in [-0.25, -0.2) is 4.39 Å². The average Bonchev–Trinajstić information content (AvgIpc) is 2.93. The van der Waals surface area contributed by atoms with Gasteiger partial charge in [0.2, 0.25) is 0 Å². The zero-order chi connectivity index (χ0) is 27.8. The summed E-state index contributed by atoms with van der Waals surface area (Å²) in [5.74, 6) is -1.27. The molecule has 0 saturated carbocycles. The fourth-order valence-electron chi connectivity index (χ4n) is 4.10. The lowest BCUT2D eigenvalue weighted by Crippen LogP contribution is -2.39. The van der Waals surface area contributed by atoms with Gasteiger partial charge in [-0.15, -0.1) is 0 Å². The molecule has 4 N–H and O–H groups in total. The van der Waals surface area contributed by atoms with Gasteiger partial charge >= 0.3 is 5.97 Å². The number of ether oxygens (including phenoxy) is 1. The number of hydrogen-bond donors (Lipinski definition) is 3. The highest BCUT2D eigenvalue weighted by Gasteiger charge is 2.18. The van der Waals surface area contributed by atoms with E-state index in [-0.39, 0.29) is 16.9 Å². The molecule has 0 aliphatic rings. The van der Waals surface area contributed by atoms with E-state index in [1.807, 2.05) is 30.3 Å². The molecule has 8 nitrogen and oxygen atoms in total. The van der Waals surface area contributed by atoms with Gasteiger partial charge in [0, 0.05) is 11.6 Å². The Morgan fingerprint density at radius 3 is 2.31 bits per heavy atom. The summed E-state index contributed by atoms with van der Waals surface area (Å²) >= 11 is 0. The van der Waals surface area contributed by atoms with Crippen molar-refractivity contribution in [3.63, 3.8) is 0 Å². The number of hydrogen-bond acceptors (Lipinski definition) is 6. The Kier molecular flexibility index (Phi) is 8.86. The highest BCUT2D eigenvalue weighted by Crippen LogP contribution is 2.21. The number of carbonyl (C=O) groups is 2. The largest absolute Gasteiger partial charge is 0.494 e.